The molecule has 4 aromatic carbocycles. The molecule has 0 amide bonds. The summed E-state index contributed by atoms with van der Waals surface area (Å²) >= 11 is 6.17. The van der Waals surface area contributed by atoms with Crippen LogP contribution in [0.4, 0.5) is 65.9 Å². The lowest BCUT2D eigenvalue weighted by molar-refractivity contribution is 0.284. The lowest BCUT2D eigenvalue weighted by Gasteiger charge is -2.18. The fraction of sp³-hybridized carbons (Fsp3) is 0. The largest absolute Gasteiger partial charge is 0.708 e. The Kier molecular flexibility index (Phi) is 8.34. The van der Waals surface area contributed by atoms with Gasteiger partial charge < -0.3 is 19.7 Å². The van der Waals surface area contributed by atoms with E-state index in [9.17, 15) is 58.3 Å². The number of aromatic amines is 1. The van der Waals surface area contributed by atoms with Gasteiger partial charge in [-0.2, -0.15) is 0 Å². The molecule has 0 fully saturated rings. The Balaban J connectivity index is 2.12. The minimum Gasteiger partial charge on any atom is -0.498 e. The highest BCUT2D eigenvalue weighted by molar-refractivity contribution is 6.41. The van der Waals surface area contributed by atoms with Crippen molar-refractivity contribution in [2.45, 2.75) is 0 Å². The molecule has 3 N–H and O–H groups in total. The third kappa shape index (κ3) is 4.84. The van der Waals surface area contributed by atoms with Crippen molar-refractivity contribution in [1.82, 2.24) is 4.98 Å². The minimum absolute atomic E-state index is 0.0824. The average Bonchev–Trinajstić information content (AvgIpc) is 3.37. The number of rotatable bonds is 5. The number of H-pyrrole nitrogens is 1. The SMILES string of the molecule is OB(O)Oc1[nH]c2cc(-c3c(F)c(F)c(F)c(F)c3F)c(-c3c(F)c(F)c(F)c(F)c3F)c(Cl)c2c1-c1c(F)c(F)c(F)c(F)c1F. The molecule has 1 heterocycles. The lowest BCUT2D eigenvalue weighted by Crippen LogP contribution is -2.21. The van der Waals surface area contributed by atoms with Crippen LogP contribution < -0.4 is 4.65 Å². The highest BCUT2D eigenvalue weighted by Gasteiger charge is 2.37. The van der Waals surface area contributed by atoms with Crippen LogP contribution in [0.25, 0.3) is 44.3 Å². The van der Waals surface area contributed by atoms with E-state index in [4.69, 9.17) is 11.6 Å². The van der Waals surface area contributed by atoms with Gasteiger partial charge in [0.05, 0.1) is 32.8 Å². The summed E-state index contributed by atoms with van der Waals surface area (Å²) in [5.74, 6) is -42.7. The number of aromatic nitrogens is 1. The molecule has 0 spiro atoms. The van der Waals surface area contributed by atoms with E-state index in [1.807, 2.05) is 4.98 Å². The van der Waals surface area contributed by atoms with E-state index < -0.39 is 150 Å². The van der Waals surface area contributed by atoms with Crippen molar-refractivity contribution in [2.24, 2.45) is 0 Å². The predicted molar refractivity (Wildman–Crippen MR) is 130 cm³/mol. The molecule has 5 rings (SSSR count). The zero-order valence-electron chi connectivity index (χ0n) is 21.5. The monoisotopic (exact) mass is 709 g/mol. The van der Waals surface area contributed by atoms with Gasteiger partial charge in [0.1, 0.15) is 0 Å². The topological polar surface area (TPSA) is 65.5 Å². The summed E-state index contributed by atoms with van der Waals surface area (Å²) < 4.78 is 222. The summed E-state index contributed by atoms with van der Waals surface area (Å²) in [6, 6.07) is 0.0824. The van der Waals surface area contributed by atoms with Gasteiger partial charge in [-0.15, -0.1) is 0 Å². The molecule has 1 aromatic heterocycles. The van der Waals surface area contributed by atoms with E-state index in [2.05, 4.69) is 4.65 Å². The van der Waals surface area contributed by atoms with E-state index in [0.29, 0.717) is 0 Å². The second-order valence-electron chi connectivity index (χ2n) is 9.14. The van der Waals surface area contributed by atoms with E-state index in [0.717, 1.165) is 0 Å². The molecule has 0 aliphatic carbocycles. The second-order valence-corrected chi connectivity index (χ2v) is 9.52. The third-order valence-electron chi connectivity index (χ3n) is 6.61. The number of nitrogens with one attached hydrogen (secondary N) is 1. The van der Waals surface area contributed by atoms with Crippen molar-refractivity contribution in [3.8, 4) is 39.3 Å². The molecule has 0 radical (unpaired) electrons. The number of hydrogen-bond donors (Lipinski definition) is 3. The fourth-order valence-electron chi connectivity index (χ4n) is 4.66. The molecule has 21 heteroatoms. The first-order valence-corrected chi connectivity index (χ1v) is 12.2. The molecular formula is C26H4BClF15NO3. The van der Waals surface area contributed by atoms with Gasteiger partial charge in [-0.05, 0) is 11.6 Å². The number of hydrogen-bond acceptors (Lipinski definition) is 3. The van der Waals surface area contributed by atoms with Crippen molar-refractivity contribution in [1.29, 1.82) is 0 Å². The maximum Gasteiger partial charge on any atom is 0.708 e. The molecule has 0 bridgehead atoms. The van der Waals surface area contributed by atoms with Crippen LogP contribution in [0, 0.1) is 87.3 Å². The molecule has 0 aliphatic heterocycles. The van der Waals surface area contributed by atoms with Gasteiger partial charge in [0.25, 0.3) is 0 Å². The third-order valence-corrected chi connectivity index (χ3v) is 6.99. The molecule has 0 aliphatic rings. The zero-order chi connectivity index (χ0) is 35.1. The highest BCUT2D eigenvalue weighted by Crippen LogP contribution is 2.52. The molecule has 0 unspecified atom stereocenters. The molecule has 0 atom stereocenters. The average molecular weight is 710 g/mol. The summed E-state index contributed by atoms with van der Waals surface area (Å²) in [6.07, 6.45) is 0. The lowest BCUT2D eigenvalue weighted by atomic mass is 9.89. The standard InChI is InChI=1S/C26H4BClF15NO3/c28-10-4(8-13(31)19(37)24(42)20(38)14(8)32)2(5-11(29)17(35)23(41)18(36)12(5)30)1-3-6(10)7(26(44-3)47-27(45)46)9-15(33)21(39)25(43)22(40)16(9)34/h1,44-46H. The summed E-state index contributed by atoms with van der Waals surface area (Å²) in [4.78, 5) is 1.87. The Morgan fingerprint density at radius 2 is 0.787 bits per heavy atom. The van der Waals surface area contributed by atoms with E-state index in [1.165, 1.54) is 0 Å². The van der Waals surface area contributed by atoms with Crippen LogP contribution in [0.5, 0.6) is 5.88 Å². The molecule has 5 aromatic rings. The van der Waals surface area contributed by atoms with Crippen molar-refractivity contribution >= 4 is 29.8 Å². The maximum absolute atomic E-state index is 15.1. The van der Waals surface area contributed by atoms with Crippen LogP contribution in [0.3, 0.4) is 0 Å². The highest BCUT2D eigenvalue weighted by atomic mass is 35.5. The van der Waals surface area contributed by atoms with Crippen molar-refractivity contribution in [3.63, 3.8) is 0 Å². The summed E-state index contributed by atoms with van der Waals surface area (Å²) in [5, 5.41) is 15.6. The van der Waals surface area contributed by atoms with Gasteiger partial charge in [-0.3, -0.25) is 0 Å². The van der Waals surface area contributed by atoms with E-state index in [-0.39, 0.29) is 6.07 Å². The number of halogens is 16. The van der Waals surface area contributed by atoms with Gasteiger partial charge >= 0.3 is 7.32 Å². The summed E-state index contributed by atoms with van der Waals surface area (Å²) in [7, 11) is -3.04. The number of benzene rings is 4. The van der Waals surface area contributed by atoms with Crippen LogP contribution >= 0.6 is 11.6 Å². The normalized spacial score (nSPS) is 11.6. The van der Waals surface area contributed by atoms with Gasteiger partial charge in [-0.1, -0.05) is 11.6 Å². The zero-order valence-corrected chi connectivity index (χ0v) is 22.3. The first kappa shape index (κ1) is 33.8. The Morgan fingerprint density at radius 3 is 1.15 bits per heavy atom. The van der Waals surface area contributed by atoms with E-state index >= 15 is 17.6 Å². The van der Waals surface area contributed by atoms with Crippen LogP contribution in [-0.4, -0.2) is 22.4 Å². The first-order chi connectivity index (χ1) is 21.8. The van der Waals surface area contributed by atoms with Crippen LogP contribution in [0.2, 0.25) is 5.02 Å². The Hall–Kier alpha value is -4.56. The molecule has 4 nitrogen and oxygen atoms in total. The molecular weight excluding hydrogens is 706 g/mol. The molecule has 246 valence electrons. The van der Waals surface area contributed by atoms with Crippen molar-refractivity contribution in [3.05, 3.63) is 98.3 Å². The van der Waals surface area contributed by atoms with Gasteiger partial charge in [0, 0.05) is 10.9 Å². The number of fused-ring (bicyclic) bond motifs is 1. The van der Waals surface area contributed by atoms with Gasteiger partial charge in [0.2, 0.25) is 17.5 Å². The molecule has 47 heavy (non-hydrogen) atoms. The Labute approximate surface area is 253 Å². The summed E-state index contributed by atoms with van der Waals surface area (Å²) in [6.45, 7) is 0. The van der Waals surface area contributed by atoms with Crippen LogP contribution in [0.15, 0.2) is 6.07 Å². The van der Waals surface area contributed by atoms with Crippen molar-refractivity contribution in [2.75, 3.05) is 0 Å². The fourth-order valence-corrected chi connectivity index (χ4v) is 5.05. The molecule has 0 saturated heterocycles. The Bertz CT molecular complexity index is 2100. The molecule has 0 saturated carbocycles. The second kappa shape index (κ2) is 11.6. The summed E-state index contributed by atoms with van der Waals surface area (Å²) in [5.41, 5.74) is -12.6. The maximum atomic E-state index is 15.1. The predicted octanol–water partition coefficient (Wildman–Crippen LogP) is 8.26. The Morgan fingerprint density at radius 1 is 0.468 bits per heavy atom. The quantitative estimate of drug-likeness (QED) is 0.0746. The minimum atomic E-state index is -3.04. The first-order valence-electron chi connectivity index (χ1n) is 11.8. The smallest absolute Gasteiger partial charge is 0.498 e. The van der Waals surface area contributed by atoms with Crippen LogP contribution in [-0.2, 0) is 0 Å². The van der Waals surface area contributed by atoms with E-state index in [1.54, 1.807) is 0 Å². The van der Waals surface area contributed by atoms with Gasteiger partial charge in [-0.25, -0.2) is 65.9 Å². The van der Waals surface area contributed by atoms with Gasteiger partial charge in [0.15, 0.2) is 75.7 Å². The van der Waals surface area contributed by atoms with Crippen LogP contribution in [0.1, 0.15) is 0 Å². The van der Waals surface area contributed by atoms with Crippen molar-refractivity contribution < 1.29 is 80.6 Å².